The molecule has 0 aromatic heterocycles. The molecule has 1 aliphatic heterocycles. The van der Waals surface area contributed by atoms with E-state index in [9.17, 15) is 9.18 Å². The van der Waals surface area contributed by atoms with Crippen LogP contribution in [-0.4, -0.2) is 24.2 Å². The summed E-state index contributed by atoms with van der Waals surface area (Å²) in [5.74, 6) is -0.615. The SMILES string of the molecule is CC(C)(C)C(=O)Nc1cc(F)ccc1B1OC(C)(C)C(C)(C)O1. The van der Waals surface area contributed by atoms with Gasteiger partial charge in [-0.1, -0.05) is 26.8 Å². The average Bonchev–Trinajstić information content (AvgIpc) is 2.57. The minimum Gasteiger partial charge on any atom is -0.399 e. The van der Waals surface area contributed by atoms with Crippen LogP contribution in [0, 0.1) is 11.2 Å². The first-order valence-corrected chi connectivity index (χ1v) is 7.80. The van der Waals surface area contributed by atoms with Crippen molar-refractivity contribution in [3.05, 3.63) is 24.0 Å². The summed E-state index contributed by atoms with van der Waals surface area (Å²) in [6, 6.07) is 4.23. The molecule has 126 valence electrons. The van der Waals surface area contributed by atoms with E-state index in [2.05, 4.69) is 5.32 Å². The van der Waals surface area contributed by atoms with Crippen LogP contribution in [0.5, 0.6) is 0 Å². The first-order chi connectivity index (χ1) is 10.3. The third kappa shape index (κ3) is 3.58. The second kappa shape index (κ2) is 5.60. The van der Waals surface area contributed by atoms with Gasteiger partial charge < -0.3 is 14.6 Å². The van der Waals surface area contributed by atoms with Gasteiger partial charge in [0.15, 0.2) is 0 Å². The van der Waals surface area contributed by atoms with E-state index < -0.39 is 29.6 Å². The lowest BCUT2D eigenvalue weighted by Crippen LogP contribution is -2.41. The Hall–Kier alpha value is -1.40. The van der Waals surface area contributed by atoms with Crippen molar-refractivity contribution in [2.24, 2.45) is 5.41 Å². The monoisotopic (exact) mass is 321 g/mol. The Kier molecular flexibility index (Phi) is 4.37. The van der Waals surface area contributed by atoms with Crippen LogP contribution in [0.1, 0.15) is 48.5 Å². The normalized spacial score (nSPS) is 19.7. The molecule has 2 rings (SSSR count). The molecule has 0 atom stereocenters. The highest BCUT2D eigenvalue weighted by Crippen LogP contribution is 2.37. The minimum absolute atomic E-state index is 0.194. The predicted octanol–water partition coefficient (Wildman–Crippen LogP) is 3.11. The maximum atomic E-state index is 13.7. The van der Waals surface area contributed by atoms with Gasteiger partial charge in [0.25, 0.3) is 0 Å². The maximum Gasteiger partial charge on any atom is 0.496 e. The Labute approximate surface area is 137 Å². The predicted molar refractivity (Wildman–Crippen MR) is 90.2 cm³/mol. The smallest absolute Gasteiger partial charge is 0.399 e. The number of rotatable bonds is 2. The maximum absolute atomic E-state index is 13.7. The van der Waals surface area contributed by atoms with Crippen molar-refractivity contribution in [1.82, 2.24) is 0 Å². The summed E-state index contributed by atoms with van der Waals surface area (Å²) in [7, 11) is -0.657. The molecule has 23 heavy (non-hydrogen) atoms. The molecule has 0 radical (unpaired) electrons. The Bertz CT molecular complexity index is 607. The van der Waals surface area contributed by atoms with Gasteiger partial charge in [-0.15, -0.1) is 0 Å². The van der Waals surface area contributed by atoms with Gasteiger partial charge in [0.2, 0.25) is 5.91 Å². The zero-order valence-corrected chi connectivity index (χ0v) is 14.9. The van der Waals surface area contributed by atoms with Gasteiger partial charge in [0.05, 0.1) is 11.2 Å². The van der Waals surface area contributed by atoms with Gasteiger partial charge in [-0.3, -0.25) is 4.79 Å². The second-order valence-corrected chi connectivity index (χ2v) is 8.02. The topological polar surface area (TPSA) is 47.6 Å². The van der Waals surface area contributed by atoms with E-state index in [0.29, 0.717) is 11.2 Å². The van der Waals surface area contributed by atoms with Crippen LogP contribution in [0.2, 0.25) is 0 Å². The van der Waals surface area contributed by atoms with Gasteiger partial charge >= 0.3 is 7.12 Å². The molecule has 1 aromatic rings. The van der Waals surface area contributed by atoms with Crippen molar-refractivity contribution in [2.75, 3.05) is 5.32 Å². The molecule has 0 bridgehead atoms. The van der Waals surface area contributed by atoms with Crippen LogP contribution in [0.15, 0.2) is 18.2 Å². The largest absolute Gasteiger partial charge is 0.496 e. The Morgan fingerprint density at radius 3 is 2.13 bits per heavy atom. The molecular weight excluding hydrogens is 296 g/mol. The van der Waals surface area contributed by atoms with Gasteiger partial charge in [0.1, 0.15) is 5.82 Å². The molecule has 1 saturated heterocycles. The molecular formula is C17H25BFNO3. The fourth-order valence-corrected chi connectivity index (χ4v) is 2.12. The van der Waals surface area contributed by atoms with E-state index in [1.54, 1.807) is 26.8 Å². The van der Waals surface area contributed by atoms with E-state index in [1.807, 2.05) is 27.7 Å². The standard InChI is InChI=1S/C17H25BFNO3/c1-15(2,3)14(21)20-13-10-11(19)8-9-12(13)18-22-16(4,5)17(6,7)23-18/h8-10H,1-7H3,(H,20,21). The highest BCUT2D eigenvalue weighted by atomic mass is 19.1. The number of hydrogen-bond acceptors (Lipinski definition) is 3. The molecule has 1 amide bonds. The molecule has 0 spiro atoms. The molecule has 0 saturated carbocycles. The molecule has 1 aromatic carbocycles. The number of hydrogen-bond donors (Lipinski definition) is 1. The minimum atomic E-state index is -0.657. The van der Waals surface area contributed by atoms with Gasteiger partial charge in [0, 0.05) is 16.6 Å². The van der Waals surface area contributed by atoms with Gasteiger partial charge in [-0.05, 0) is 39.8 Å². The number of halogens is 1. The van der Waals surface area contributed by atoms with Crippen molar-refractivity contribution in [3.63, 3.8) is 0 Å². The number of carbonyl (C=O) groups excluding carboxylic acids is 1. The summed E-state index contributed by atoms with van der Waals surface area (Å²) in [5.41, 5.74) is -0.597. The lowest BCUT2D eigenvalue weighted by atomic mass is 9.77. The molecule has 0 aliphatic carbocycles. The fraction of sp³-hybridized carbons (Fsp3) is 0.588. The van der Waals surface area contributed by atoms with E-state index in [-0.39, 0.29) is 5.91 Å². The van der Waals surface area contributed by atoms with Crippen molar-refractivity contribution in [2.45, 2.75) is 59.7 Å². The summed E-state index contributed by atoms with van der Waals surface area (Å²) in [4.78, 5) is 12.3. The van der Waals surface area contributed by atoms with Crippen molar-refractivity contribution < 1.29 is 18.5 Å². The number of carbonyl (C=O) groups is 1. The summed E-state index contributed by atoms with van der Waals surface area (Å²) in [6.45, 7) is 13.2. The zero-order chi connectivity index (χ0) is 17.6. The van der Waals surface area contributed by atoms with Crippen LogP contribution in [0.3, 0.4) is 0 Å². The Balaban J connectivity index is 2.36. The number of anilines is 1. The van der Waals surface area contributed by atoms with Crippen molar-refractivity contribution in [3.8, 4) is 0 Å². The summed E-state index contributed by atoms with van der Waals surface area (Å²) in [6.07, 6.45) is 0. The van der Waals surface area contributed by atoms with Crippen molar-refractivity contribution >= 4 is 24.2 Å². The third-order valence-electron chi connectivity index (χ3n) is 4.45. The quantitative estimate of drug-likeness (QED) is 0.852. The van der Waals surface area contributed by atoms with Crippen LogP contribution in [0.25, 0.3) is 0 Å². The highest BCUT2D eigenvalue weighted by Gasteiger charge is 2.52. The van der Waals surface area contributed by atoms with Crippen LogP contribution >= 0.6 is 0 Å². The summed E-state index contributed by atoms with van der Waals surface area (Å²) < 4.78 is 25.7. The summed E-state index contributed by atoms with van der Waals surface area (Å²) in [5, 5.41) is 2.78. The van der Waals surface area contributed by atoms with E-state index in [1.165, 1.54) is 12.1 Å². The number of nitrogens with one attached hydrogen (secondary N) is 1. The first kappa shape index (κ1) is 18.0. The van der Waals surface area contributed by atoms with Gasteiger partial charge in [-0.2, -0.15) is 0 Å². The molecule has 1 N–H and O–H groups in total. The molecule has 1 aliphatic rings. The second-order valence-electron chi connectivity index (χ2n) is 8.02. The summed E-state index contributed by atoms with van der Waals surface area (Å²) >= 11 is 0. The van der Waals surface area contributed by atoms with Crippen LogP contribution < -0.4 is 10.8 Å². The number of amides is 1. The van der Waals surface area contributed by atoms with Crippen LogP contribution in [-0.2, 0) is 14.1 Å². The van der Waals surface area contributed by atoms with E-state index in [4.69, 9.17) is 9.31 Å². The zero-order valence-electron chi connectivity index (χ0n) is 14.9. The third-order valence-corrected chi connectivity index (χ3v) is 4.45. The lowest BCUT2D eigenvalue weighted by Gasteiger charge is -2.32. The lowest BCUT2D eigenvalue weighted by molar-refractivity contribution is -0.123. The van der Waals surface area contributed by atoms with Crippen LogP contribution in [0.4, 0.5) is 10.1 Å². The molecule has 6 heteroatoms. The van der Waals surface area contributed by atoms with E-state index >= 15 is 0 Å². The molecule has 0 unspecified atom stereocenters. The fourth-order valence-electron chi connectivity index (χ4n) is 2.12. The Morgan fingerprint density at radius 1 is 1.13 bits per heavy atom. The molecule has 1 heterocycles. The molecule has 1 fully saturated rings. The van der Waals surface area contributed by atoms with Crippen molar-refractivity contribution in [1.29, 1.82) is 0 Å². The Morgan fingerprint density at radius 2 is 1.65 bits per heavy atom. The van der Waals surface area contributed by atoms with Gasteiger partial charge in [-0.25, -0.2) is 4.39 Å². The molecule has 4 nitrogen and oxygen atoms in total. The average molecular weight is 321 g/mol. The highest BCUT2D eigenvalue weighted by molar-refractivity contribution is 6.64. The van der Waals surface area contributed by atoms with E-state index in [0.717, 1.165) is 0 Å². The first-order valence-electron chi connectivity index (χ1n) is 7.80. The number of benzene rings is 1.